The van der Waals surface area contributed by atoms with Crippen LogP contribution in [0.15, 0.2) is 22.7 Å². The second kappa shape index (κ2) is 6.65. The number of benzene rings is 1. The summed E-state index contributed by atoms with van der Waals surface area (Å²) in [5, 5.41) is 0. The van der Waals surface area contributed by atoms with Crippen LogP contribution in [0.4, 0.5) is 18.9 Å². The molecule has 0 aliphatic carbocycles. The van der Waals surface area contributed by atoms with E-state index in [1.165, 1.54) is 0 Å². The molecule has 10 heteroatoms. The maximum Gasteiger partial charge on any atom is 0.416 e. The summed E-state index contributed by atoms with van der Waals surface area (Å²) in [4.78, 5) is 10.9. The fourth-order valence-corrected chi connectivity index (χ4v) is 2.84. The van der Waals surface area contributed by atoms with Gasteiger partial charge in [0.2, 0.25) is 10.0 Å². The quantitative estimate of drug-likeness (QED) is 0.785. The van der Waals surface area contributed by atoms with Crippen molar-refractivity contribution in [1.82, 2.24) is 0 Å². The summed E-state index contributed by atoms with van der Waals surface area (Å²) < 4.78 is 67.6. The van der Waals surface area contributed by atoms with E-state index < -0.39 is 39.9 Å². The number of methoxy groups -OCH3 is 1. The van der Waals surface area contributed by atoms with Gasteiger partial charge in [0.25, 0.3) is 0 Å². The van der Waals surface area contributed by atoms with Gasteiger partial charge in [-0.25, -0.2) is 8.42 Å². The summed E-state index contributed by atoms with van der Waals surface area (Å²) in [6, 6.07) is 2.57. The molecule has 0 bridgehead atoms. The van der Waals surface area contributed by atoms with Gasteiger partial charge in [0.05, 0.1) is 30.5 Å². The van der Waals surface area contributed by atoms with Crippen LogP contribution in [0.1, 0.15) is 12.0 Å². The lowest BCUT2D eigenvalue weighted by atomic mass is 10.2. The monoisotopic (exact) mass is 389 g/mol. The van der Waals surface area contributed by atoms with Crippen LogP contribution < -0.4 is 4.72 Å². The molecule has 5 nitrogen and oxygen atoms in total. The molecule has 0 unspecified atom stereocenters. The molecule has 1 N–H and O–H groups in total. The zero-order valence-corrected chi connectivity index (χ0v) is 13.1. The first-order chi connectivity index (χ1) is 9.55. The SMILES string of the molecule is COC(=O)CCS(=O)(=O)Nc1cc(C(F)(F)F)ccc1Br. The molecule has 1 rings (SSSR count). The zero-order chi connectivity index (χ0) is 16.3. The molecule has 0 aliphatic heterocycles. The topological polar surface area (TPSA) is 72.5 Å². The number of carbonyl (C=O) groups excluding carboxylic acids is 1. The van der Waals surface area contributed by atoms with E-state index in [0.29, 0.717) is 6.07 Å². The number of ether oxygens (including phenoxy) is 1. The Morgan fingerprint density at radius 2 is 2.00 bits per heavy atom. The first-order valence-corrected chi connectivity index (χ1v) is 7.94. The minimum absolute atomic E-state index is 0.150. The van der Waals surface area contributed by atoms with Crippen LogP contribution in [-0.2, 0) is 25.7 Å². The smallest absolute Gasteiger partial charge is 0.416 e. The van der Waals surface area contributed by atoms with Crippen molar-refractivity contribution >= 4 is 37.6 Å². The van der Waals surface area contributed by atoms with Crippen LogP contribution in [-0.4, -0.2) is 27.2 Å². The summed E-state index contributed by atoms with van der Waals surface area (Å²) in [7, 11) is -2.87. The van der Waals surface area contributed by atoms with Crippen molar-refractivity contribution in [2.45, 2.75) is 12.6 Å². The Morgan fingerprint density at radius 3 is 2.52 bits per heavy atom. The summed E-state index contributed by atoms with van der Waals surface area (Å²) in [6.07, 6.45) is -4.99. The van der Waals surface area contributed by atoms with Crippen molar-refractivity contribution in [2.75, 3.05) is 17.6 Å². The van der Waals surface area contributed by atoms with Crippen LogP contribution in [0.2, 0.25) is 0 Å². The molecule has 0 heterocycles. The summed E-state index contributed by atoms with van der Waals surface area (Å²) in [5.74, 6) is -1.33. The largest absolute Gasteiger partial charge is 0.469 e. The Labute approximate surface area is 127 Å². The predicted molar refractivity (Wildman–Crippen MR) is 73.2 cm³/mol. The highest BCUT2D eigenvalue weighted by molar-refractivity contribution is 9.10. The molecule has 0 aromatic heterocycles. The fraction of sp³-hybridized carbons (Fsp3) is 0.364. The van der Waals surface area contributed by atoms with E-state index >= 15 is 0 Å². The number of anilines is 1. The Kier molecular flexibility index (Phi) is 5.62. The van der Waals surface area contributed by atoms with Crippen molar-refractivity contribution in [1.29, 1.82) is 0 Å². The fourth-order valence-electron chi connectivity index (χ4n) is 1.32. The van der Waals surface area contributed by atoms with E-state index in [1.54, 1.807) is 0 Å². The van der Waals surface area contributed by atoms with Crippen molar-refractivity contribution in [3.05, 3.63) is 28.2 Å². The highest BCUT2D eigenvalue weighted by atomic mass is 79.9. The van der Waals surface area contributed by atoms with Crippen molar-refractivity contribution in [3.8, 4) is 0 Å². The lowest BCUT2D eigenvalue weighted by Gasteiger charge is -2.12. The van der Waals surface area contributed by atoms with Gasteiger partial charge in [-0.3, -0.25) is 9.52 Å². The molecule has 21 heavy (non-hydrogen) atoms. The van der Waals surface area contributed by atoms with Crippen LogP contribution in [0, 0.1) is 0 Å². The molecule has 1 aromatic carbocycles. The van der Waals surface area contributed by atoms with E-state index in [0.717, 1.165) is 19.2 Å². The van der Waals surface area contributed by atoms with Gasteiger partial charge >= 0.3 is 12.1 Å². The van der Waals surface area contributed by atoms with Gasteiger partial charge in [-0.2, -0.15) is 13.2 Å². The number of alkyl halides is 3. The third-order valence-corrected chi connectivity index (χ3v) is 4.33. The first kappa shape index (κ1) is 17.8. The Balaban J connectivity index is 2.94. The number of sulfonamides is 1. The minimum atomic E-state index is -4.59. The standard InChI is InChI=1S/C11H11BrF3NO4S/c1-20-10(17)4-5-21(18,19)16-9-6-7(11(13,14)15)2-3-8(9)12/h2-3,6,16H,4-5H2,1H3. The lowest BCUT2D eigenvalue weighted by molar-refractivity contribution is -0.140. The third kappa shape index (κ3) is 5.54. The van der Waals surface area contributed by atoms with Crippen molar-refractivity contribution in [2.24, 2.45) is 0 Å². The molecule has 0 amide bonds. The van der Waals surface area contributed by atoms with Gasteiger partial charge in [-0.1, -0.05) is 0 Å². The molecule has 0 atom stereocenters. The zero-order valence-electron chi connectivity index (χ0n) is 10.7. The van der Waals surface area contributed by atoms with E-state index in [1.807, 2.05) is 4.72 Å². The van der Waals surface area contributed by atoms with Gasteiger partial charge < -0.3 is 4.74 Å². The summed E-state index contributed by atoms with van der Waals surface area (Å²) >= 11 is 2.96. The van der Waals surface area contributed by atoms with E-state index in [9.17, 15) is 26.4 Å². The molecule has 118 valence electrons. The molecular weight excluding hydrogens is 379 g/mol. The summed E-state index contributed by atoms with van der Waals surface area (Å²) in [5.41, 5.74) is -1.24. The average Bonchev–Trinajstić information content (AvgIpc) is 2.37. The number of carbonyl (C=O) groups is 1. The molecule has 0 saturated carbocycles. The Hall–Kier alpha value is -1.29. The number of esters is 1. The van der Waals surface area contributed by atoms with Crippen molar-refractivity contribution in [3.63, 3.8) is 0 Å². The molecule has 1 aromatic rings. The Morgan fingerprint density at radius 1 is 1.38 bits per heavy atom. The number of rotatable bonds is 5. The van der Waals surface area contributed by atoms with Crippen LogP contribution in [0.5, 0.6) is 0 Å². The van der Waals surface area contributed by atoms with Crippen LogP contribution >= 0.6 is 15.9 Å². The molecular formula is C11H11BrF3NO4S. The molecule has 0 aliphatic rings. The normalized spacial score (nSPS) is 12.0. The Bertz CT molecular complexity index is 631. The van der Waals surface area contributed by atoms with E-state index in [2.05, 4.69) is 20.7 Å². The highest BCUT2D eigenvalue weighted by Crippen LogP contribution is 2.34. The molecule has 0 fully saturated rings. The van der Waals surface area contributed by atoms with Crippen LogP contribution in [0.3, 0.4) is 0 Å². The van der Waals surface area contributed by atoms with Gasteiger partial charge in [-0.15, -0.1) is 0 Å². The number of hydrogen-bond donors (Lipinski definition) is 1. The lowest BCUT2D eigenvalue weighted by Crippen LogP contribution is -2.20. The highest BCUT2D eigenvalue weighted by Gasteiger charge is 2.31. The van der Waals surface area contributed by atoms with Gasteiger partial charge in [0.1, 0.15) is 0 Å². The van der Waals surface area contributed by atoms with Gasteiger partial charge in [0, 0.05) is 4.47 Å². The second-order valence-electron chi connectivity index (χ2n) is 3.94. The number of nitrogens with one attached hydrogen (secondary N) is 1. The van der Waals surface area contributed by atoms with Crippen molar-refractivity contribution < 1.29 is 31.1 Å². The first-order valence-electron chi connectivity index (χ1n) is 5.49. The van der Waals surface area contributed by atoms with E-state index in [4.69, 9.17) is 0 Å². The summed E-state index contributed by atoms with van der Waals surface area (Å²) in [6.45, 7) is 0. The van der Waals surface area contributed by atoms with Crippen LogP contribution in [0.25, 0.3) is 0 Å². The predicted octanol–water partition coefficient (Wildman–Crippen LogP) is 2.77. The molecule has 0 radical (unpaired) electrons. The third-order valence-electron chi connectivity index (χ3n) is 2.36. The number of hydrogen-bond acceptors (Lipinski definition) is 4. The number of halogens is 4. The molecule has 0 saturated heterocycles. The van der Waals surface area contributed by atoms with Gasteiger partial charge in [-0.05, 0) is 34.1 Å². The maximum absolute atomic E-state index is 12.6. The molecule has 0 spiro atoms. The minimum Gasteiger partial charge on any atom is -0.469 e. The maximum atomic E-state index is 12.6. The van der Waals surface area contributed by atoms with Gasteiger partial charge in [0.15, 0.2) is 0 Å². The van der Waals surface area contributed by atoms with E-state index in [-0.39, 0.29) is 10.2 Å². The second-order valence-corrected chi connectivity index (χ2v) is 6.64. The average molecular weight is 390 g/mol.